The maximum Gasteiger partial charge on any atom is 0.339 e. The summed E-state index contributed by atoms with van der Waals surface area (Å²) in [5.41, 5.74) is 2.21. The SMILES string of the molecule is Cc1ccc(C(C#N)OC(=O)c2ccccc2)cc1. The van der Waals surface area contributed by atoms with Crippen LogP contribution < -0.4 is 0 Å². The number of hydrogen-bond acceptors (Lipinski definition) is 3. The van der Waals surface area contributed by atoms with Crippen molar-refractivity contribution in [1.82, 2.24) is 0 Å². The third-order valence-corrected chi connectivity index (χ3v) is 2.73. The normalized spacial score (nSPS) is 11.4. The zero-order valence-corrected chi connectivity index (χ0v) is 10.5. The Morgan fingerprint density at radius 1 is 1.11 bits per heavy atom. The number of carbonyl (C=O) groups excluding carboxylic acids is 1. The topological polar surface area (TPSA) is 50.1 Å². The second-order valence-corrected chi connectivity index (χ2v) is 4.19. The van der Waals surface area contributed by atoms with Crippen molar-refractivity contribution in [2.75, 3.05) is 0 Å². The molecule has 3 nitrogen and oxygen atoms in total. The zero-order chi connectivity index (χ0) is 13.7. The number of aryl methyl sites for hydroxylation is 1. The van der Waals surface area contributed by atoms with Crippen LogP contribution in [-0.4, -0.2) is 5.97 Å². The highest BCUT2D eigenvalue weighted by Crippen LogP contribution is 2.19. The van der Waals surface area contributed by atoms with Gasteiger partial charge in [0.05, 0.1) is 5.56 Å². The fraction of sp³-hybridized carbons (Fsp3) is 0.125. The van der Waals surface area contributed by atoms with E-state index in [9.17, 15) is 4.79 Å². The second kappa shape index (κ2) is 5.83. The molecule has 0 spiro atoms. The highest BCUT2D eigenvalue weighted by Gasteiger charge is 2.16. The Bertz CT molecular complexity index is 597. The first-order chi connectivity index (χ1) is 9.20. The van der Waals surface area contributed by atoms with Crippen LogP contribution in [0.25, 0.3) is 0 Å². The molecule has 0 aromatic heterocycles. The summed E-state index contributed by atoms with van der Waals surface area (Å²) in [5, 5.41) is 9.12. The molecule has 1 atom stereocenters. The molecule has 0 fully saturated rings. The van der Waals surface area contributed by atoms with E-state index in [1.54, 1.807) is 36.4 Å². The number of rotatable bonds is 3. The molecule has 94 valence electrons. The molecule has 0 radical (unpaired) electrons. The Morgan fingerprint density at radius 3 is 2.32 bits per heavy atom. The third-order valence-electron chi connectivity index (χ3n) is 2.73. The predicted octanol–water partition coefficient (Wildman–Crippen LogP) is 3.42. The van der Waals surface area contributed by atoms with E-state index in [1.165, 1.54) is 0 Å². The van der Waals surface area contributed by atoms with E-state index in [-0.39, 0.29) is 0 Å². The fourth-order valence-electron chi connectivity index (χ4n) is 1.66. The number of ether oxygens (including phenoxy) is 1. The van der Waals surface area contributed by atoms with Crippen LogP contribution >= 0.6 is 0 Å². The second-order valence-electron chi connectivity index (χ2n) is 4.19. The number of carbonyl (C=O) groups is 1. The summed E-state index contributed by atoms with van der Waals surface area (Å²) >= 11 is 0. The Morgan fingerprint density at radius 2 is 1.74 bits per heavy atom. The molecule has 2 aromatic rings. The molecule has 0 heterocycles. The lowest BCUT2D eigenvalue weighted by Crippen LogP contribution is -2.10. The number of nitrogens with zero attached hydrogens (tertiary/aromatic N) is 1. The highest BCUT2D eigenvalue weighted by molar-refractivity contribution is 5.89. The van der Waals surface area contributed by atoms with Gasteiger partial charge in [-0.15, -0.1) is 0 Å². The molecule has 2 aromatic carbocycles. The summed E-state index contributed by atoms with van der Waals surface area (Å²) in [5.74, 6) is -0.493. The summed E-state index contributed by atoms with van der Waals surface area (Å²) in [4.78, 5) is 11.9. The molecule has 0 bridgehead atoms. The maximum atomic E-state index is 11.9. The van der Waals surface area contributed by atoms with Crippen molar-refractivity contribution in [3.63, 3.8) is 0 Å². The minimum Gasteiger partial charge on any atom is -0.438 e. The first-order valence-corrected chi connectivity index (χ1v) is 5.93. The first kappa shape index (κ1) is 12.8. The molecular weight excluding hydrogens is 238 g/mol. The molecular formula is C16H13NO2. The summed E-state index contributed by atoms with van der Waals surface area (Å²) in [6.45, 7) is 1.96. The molecule has 0 saturated carbocycles. The van der Waals surface area contributed by atoms with Gasteiger partial charge < -0.3 is 4.74 Å². The average Bonchev–Trinajstić information content (AvgIpc) is 2.46. The lowest BCUT2D eigenvalue weighted by Gasteiger charge is -2.11. The summed E-state index contributed by atoms with van der Waals surface area (Å²) in [6, 6.07) is 18.0. The van der Waals surface area contributed by atoms with Crippen LogP contribution in [-0.2, 0) is 4.74 Å². The number of esters is 1. The lowest BCUT2D eigenvalue weighted by molar-refractivity contribution is 0.0404. The Balaban J connectivity index is 2.14. The van der Waals surface area contributed by atoms with Crippen molar-refractivity contribution >= 4 is 5.97 Å². The number of nitriles is 1. The van der Waals surface area contributed by atoms with Gasteiger partial charge in [-0.25, -0.2) is 4.79 Å². The zero-order valence-electron chi connectivity index (χ0n) is 10.5. The highest BCUT2D eigenvalue weighted by atomic mass is 16.5. The van der Waals surface area contributed by atoms with Crippen LogP contribution in [0, 0.1) is 18.3 Å². The molecule has 0 aliphatic heterocycles. The van der Waals surface area contributed by atoms with Gasteiger partial charge in [0.1, 0.15) is 6.07 Å². The van der Waals surface area contributed by atoms with Gasteiger partial charge in [-0.05, 0) is 19.1 Å². The minimum atomic E-state index is -0.881. The van der Waals surface area contributed by atoms with Crippen LogP contribution in [0.2, 0.25) is 0 Å². The van der Waals surface area contributed by atoms with Gasteiger partial charge in [0, 0.05) is 5.56 Å². The van der Waals surface area contributed by atoms with Crippen LogP contribution in [0.15, 0.2) is 54.6 Å². The number of benzene rings is 2. The van der Waals surface area contributed by atoms with Gasteiger partial charge in [-0.2, -0.15) is 5.26 Å². The predicted molar refractivity (Wildman–Crippen MR) is 71.4 cm³/mol. The minimum absolute atomic E-state index is 0.440. The van der Waals surface area contributed by atoms with Crippen LogP contribution in [0.5, 0.6) is 0 Å². The van der Waals surface area contributed by atoms with Gasteiger partial charge >= 0.3 is 5.97 Å². The van der Waals surface area contributed by atoms with Crippen molar-refractivity contribution in [2.45, 2.75) is 13.0 Å². The molecule has 1 unspecified atom stereocenters. The van der Waals surface area contributed by atoms with Crippen molar-refractivity contribution < 1.29 is 9.53 Å². The quantitative estimate of drug-likeness (QED) is 0.785. The van der Waals surface area contributed by atoms with E-state index in [1.807, 2.05) is 31.2 Å². The molecule has 0 N–H and O–H groups in total. The fourth-order valence-corrected chi connectivity index (χ4v) is 1.66. The average molecular weight is 251 g/mol. The van der Waals surface area contributed by atoms with Crippen LogP contribution in [0.1, 0.15) is 27.6 Å². The van der Waals surface area contributed by atoms with Gasteiger partial charge in [0.15, 0.2) is 0 Å². The molecule has 2 rings (SSSR count). The molecule has 0 aliphatic carbocycles. The third kappa shape index (κ3) is 3.20. The van der Waals surface area contributed by atoms with E-state index in [4.69, 9.17) is 10.00 Å². The van der Waals surface area contributed by atoms with Gasteiger partial charge in [0.25, 0.3) is 0 Å². The van der Waals surface area contributed by atoms with E-state index in [0.717, 1.165) is 5.56 Å². The monoisotopic (exact) mass is 251 g/mol. The van der Waals surface area contributed by atoms with Gasteiger partial charge in [0.2, 0.25) is 6.10 Å². The van der Waals surface area contributed by atoms with E-state index in [0.29, 0.717) is 11.1 Å². The van der Waals surface area contributed by atoms with Crippen molar-refractivity contribution in [1.29, 1.82) is 5.26 Å². The molecule has 0 amide bonds. The molecule has 0 saturated heterocycles. The standard InChI is InChI=1S/C16H13NO2/c1-12-7-9-13(10-8-12)15(11-17)19-16(18)14-5-3-2-4-6-14/h2-10,15H,1H3. The first-order valence-electron chi connectivity index (χ1n) is 5.93. The summed E-state index contributed by atoms with van der Waals surface area (Å²) in [6.07, 6.45) is -0.881. The van der Waals surface area contributed by atoms with Gasteiger partial charge in [-0.3, -0.25) is 0 Å². The summed E-state index contributed by atoms with van der Waals surface area (Å²) < 4.78 is 5.21. The maximum absolute atomic E-state index is 11.9. The van der Waals surface area contributed by atoms with Crippen molar-refractivity contribution in [3.8, 4) is 6.07 Å². The van der Waals surface area contributed by atoms with Crippen molar-refractivity contribution in [2.24, 2.45) is 0 Å². The largest absolute Gasteiger partial charge is 0.438 e. The Kier molecular flexibility index (Phi) is 3.94. The van der Waals surface area contributed by atoms with Crippen molar-refractivity contribution in [3.05, 3.63) is 71.3 Å². The van der Waals surface area contributed by atoms with E-state index >= 15 is 0 Å². The van der Waals surface area contributed by atoms with Crippen LogP contribution in [0.3, 0.4) is 0 Å². The van der Waals surface area contributed by atoms with Crippen LogP contribution in [0.4, 0.5) is 0 Å². The summed E-state index contributed by atoms with van der Waals surface area (Å²) in [7, 11) is 0. The lowest BCUT2D eigenvalue weighted by atomic mass is 10.1. The molecule has 19 heavy (non-hydrogen) atoms. The number of hydrogen-bond donors (Lipinski definition) is 0. The van der Waals surface area contributed by atoms with E-state index < -0.39 is 12.1 Å². The smallest absolute Gasteiger partial charge is 0.339 e. The Labute approximate surface area is 112 Å². The Hall–Kier alpha value is -2.60. The van der Waals surface area contributed by atoms with E-state index in [2.05, 4.69) is 0 Å². The molecule has 3 heteroatoms. The van der Waals surface area contributed by atoms with Gasteiger partial charge in [-0.1, -0.05) is 48.0 Å². The molecule has 0 aliphatic rings.